The molecule has 0 amide bonds. The molecule has 0 saturated carbocycles. The lowest BCUT2D eigenvalue weighted by Crippen LogP contribution is -2.21. The molecule has 0 aliphatic rings. The van der Waals surface area contributed by atoms with Crippen molar-refractivity contribution in [3.8, 4) is 0 Å². The van der Waals surface area contributed by atoms with Crippen LogP contribution in [-0.4, -0.2) is 15.8 Å². The molecule has 13 heavy (non-hydrogen) atoms. The first kappa shape index (κ1) is 10.3. The molecular formula is C10H19N3. The molecule has 1 unspecified atom stereocenters. The van der Waals surface area contributed by atoms with Crippen LogP contribution in [0.5, 0.6) is 0 Å². The second-order valence-corrected chi connectivity index (χ2v) is 3.46. The number of aryl methyl sites for hydroxylation is 1. The van der Waals surface area contributed by atoms with Crippen molar-refractivity contribution in [1.29, 1.82) is 0 Å². The lowest BCUT2D eigenvalue weighted by molar-refractivity contribution is 0.599. The minimum Gasteiger partial charge on any atom is -0.327 e. The summed E-state index contributed by atoms with van der Waals surface area (Å²) in [7, 11) is 0. The van der Waals surface area contributed by atoms with Crippen LogP contribution in [0.3, 0.4) is 0 Å². The predicted octanol–water partition coefficient (Wildman–Crippen LogP) is 1.57. The standard InChI is InChI=1S/C10H19N3/c1-3-5-10(11)6-9-7-12-13(4-2)8-9/h7-8,10H,3-6,11H2,1-2H3. The summed E-state index contributed by atoms with van der Waals surface area (Å²) < 4.78 is 1.94. The first-order chi connectivity index (χ1) is 6.26. The third kappa shape index (κ3) is 3.19. The van der Waals surface area contributed by atoms with E-state index in [-0.39, 0.29) is 0 Å². The fraction of sp³-hybridized carbons (Fsp3) is 0.700. The van der Waals surface area contributed by atoms with E-state index in [2.05, 4.69) is 25.1 Å². The quantitative estimate of drug-likeness (QED) is 0.749. The Kier molecular flexibility index (Phi) is 3.96. The van der Waals surface area contributed by atoms with E-state index in [0.29, 0.717) is 6.04 Å². The maximum absolute atomic E-state index is 5.93. The third-order valence-electron chi connectivity index (χ3n) is 2.17. The zero-order valence-electron chi connectivity index (χ0n) is 8.53. The molecule has 1 aromatic rings. The summed E-state index contributed by atoms with van der Waals surface area (Å²) in [6, 6.07) is 0.291. The molecule has 74 valence electrons. The number of rotatable bonds is 5. The number of nitrogens with zero attached hydrogens (tertiary/aromatic N) is 2. The van der Waals surface area contributed by atoms with Gasteiger partial charge in [0, 0.05) is 18.8 Å². The van der Waals surface area contributed by atoms with Crippen molar-refractivity contribution in [3.05, 3.63) is 18.0 Å². The summed E-state index contributed by atoms with van der Waals surface area (Å²) in [6.45, 7) is 5.18. The molecule has 3 nitrogen and oxygen atoms in total. The van der Waals surface area contributed by atoms with Gasteiger partial charge in [-0.05, 0) is 25.3 Å². The van der Waals surface area contributed by atoms with Crippen molar-refractivity contribution in [1.82, 2.24) is 9.78 Å². The monoisotopic (exact) mass is 181 g/mol. The molecule has 3 heteroatoms. The van der Waals surface area contributed by atoms with Crippen molar-refractivity contribution < 1.29 is 0 Å². The van der Waals surface area contributed by atoms with E-state index < -0.39 is 0 Å². The number of nitrogens with two attached hydrogens (primary N) is 1. The van der Waals surface area contributed by atoms with Crippen LogP contribution in [0.15, 0.2) is 12.4 Å². The van der Waals surface area contributed by atoms with Gasteiger partial charge in [0.05, 0.1) is 6.20 Å². The Bertz CT molecular complexity index is 242. The van der Waals surface area contributed by atoms with Crippen LogP contribution in [0.1, 0.15) is 32.3 Å². The molecule has 2 N–H and O–H groups in total. The summed E-state index contributed by atoms with van der Waals surface area (Å²) in [5, 5.41) is 4.21. The van der Waals surface area contributed by atoms with E-state index in [4.69, 9.17) is 5.73 Å². The highest BCUT2D eigenvalue weighted by Gasteiger charge is 2.04. The highest BCUT2D eigenvalue weighted by molar-refractivity contribution is 5.05. The zero-order valence-corrected chi connectivity index (χ0v) is 8.53. The minimum atomic E-state index is 0.291. The SMILES string of the molecule is CCCC(N)Cc1cnn(CC)c1. The van der Waals surface area contributed by atoms with Crippen LogP contribution >= 0.6 is 0 Å². The van der Waals surface area contributed by atoms with Crippen molar-refractivity contribution in [2.45, 2.75) is 45.7 Å². The largest absolute Gasteiger partial charge is 0.327 e. The van der Waals surface area contributed by atoms with E-state index in [0.717, 1.165) is 25.8 Å². The Balaban J connectivity index is 2.44. The second kappa shape index (κ2) is 5.02. The van der Waals surface area contributed by atoms with Gasteiger partial charge in [-0.3, -0.25) is 4.68 Å². The smallest absolute Gasteiger partial charge is 0.0522 e. The van der Waals surface area contributed by atoms with Crippen molar-refractivity contribution >= 4 is 0 Å². The van der Waals surface area contributed by atoms with Gasteiger partial charge in [0.25, 0.3) is 0 Å². The molecule has 0 aliphatic heterocycles. The number of hydrogen-bond acceptors (Lipinski definition) is 2. The molecule has 0 bridgehead atoms. The van der Waals surface area contributed by atoms with Gasteiger partial charge in [-0.15, -0.1) is 0 Å². The molecule has 0 radical (unpaired) electrons. The first-order valence-corrected chi connectivity index (χ1v) is 5.03. The molecular weight excluding hydrogens is 162 g/mol. The van der Waals surface area contributed by atoms with Gasteiger partial charge >= 0.3 is 0 Å². The molecule has 1 rings (SSSR count). The lowest BCUT2D eigenvalue weighted by atomic mass is 10.1. The average molecular weight is 181 g/mol. The maximum atomic E-state index is 5.93. The summed E-state index contributed by atoms with van der Waals surface area (Å²) >= 11 is 0. The number of hydrogen-bond donors (Lipinski definition) is 1. The van der Waals surface area contributed by atoms with Gasteiger partial charge in [-0.1, -0.05) is 13.3 Å². The molecule has 1 heterocycles. The van der Waals surface area contributed by atoms with Crippen LogP contribution in [-0.2, 0) is 13.0 Å². The molecule has 1 aromatic heterocycles. The normalized spacial score (nSPS) is 13.2. The molecule has 0 fully saturated rings. The highest BCUT2D eigenvalue weighted by Crippen LogP contribution is 2.04. The van der Waals surface area contributed by atoms with Crippen LogP contribution in [0.25, 0.3) is 0 Å². The fourth-order valence-corrected chi connectivity index (χ4v) is 1.46. The topological polar surface area (TPSA) is 43.8 Å². The van der Waals surface area contributed by atoms with Gasteiger partial charge in [0.2, 0.25) is 0 Å². The lowest BCUT2D eigenvalue weighted by Gasteiger charge is -2.07. The first-order valence-electron chi connectivity index (χ1n) is 5.03. The fourth-order valence-electron chi connectivity index (χ4n) is 1.46. The summed E-state index contributed by atoms with van der Waals surface area (Å²) in [4.78, 5) is 0. The van der Waals surface area contributed by atoms with Crippen LogP contribution < -0.4 is 5.73 Å². The van der Waals surface area contributed by atoms with E-state index in [1.54, 1.807) is 0 Å². The zero-order chi connectivity index (χ0) is 9.68. The molecule has 0 aliphatic carbocycles. The molecule has 0 aromatic carbocycles. The Morgan fingerprint density at radius 3 is 2.85 bits per heavy atom. The van der Waals surface area contributed by atoms with Gasteiger partial charge in [0.15, 0.2) is 0 Å². The van der Waals surface area contributed by atoms with Crippen molar-refractivity contribution in [3.63, 3.8) is 0 Å². The summed E-state index contributed by atoms with van der Waals surface area (Å²) in [5.74, 6) is 0. The highest BCUT2D eigenvalue weighted by atomic mass is 15.3. The summed E-state index contributed by atoms with van der Waals surface area (Å²) in [5.41, 5.74) is 7.18. The van der Waals surface area contributed by atoms with Gasteiger partial charge in [0.1, 0.15) is 0 Å². The van der Waals surface area contributed by atoms with E-state index in [1.165, 1.54) is 5.56 Å². The van der Waals surface area contributed by atoms with Crippen LogP contribution in [0.4, 0.5) is 0 Å². The Hall–Kier alpha value is -0.830. The predicted molar refractivity (Wildman–Crippen MR) is 54.5 cm³/mol. The average Bonchev–Trinajstić information content (AvgIpc) is 2.52. The molecule has 0 spiro atoms. The Morgan fingerprint density at radius 2 is 2.31 bits per heavy atom. The minimum absolute atomic E-state index is 0.291. The van der Waals surface area contributed by atoms with Crippen molar-refractivity contribution in [2.24, 2.45) is 5.73 Å². The van der Waals surface area contributed by atoms with E-state index in [1.807, 2.05) is 10.9 Å². The third-order valence-corrected chi connectivity index (χ3v) is 2.17. The van der Waals surface area contributed by atoms with Gasteiger partial charge in [-0.25, -0.2) is 0 Å². The Morgan fingerprint density at radius 1 is 1.54 bits per heavy atom. The van der Waals surface area contributed by atoms with Crippen molar-refractivity contribution in [2.75, 3.05) is 0 Å². The summed E-state index contributed by atoms with van der Waals surface area (Å²) in [6.07, 6.45) is 7.20. The van der Waals surface area contributed by atoms with Gasteiger partial charge < -0.3 is 5.73 Å². The van der Waals surface area contributed by atoms with E-state index in [9.17, 15) is 0 Å². The Labute approximate surface area is 79.9 Å². The van der Waals surface area contributed by atoms with E-state index >= 15 is 0 Å². The van der Waals surface area contributed by atoms with Crippen LogP contribution in [0.2, 0.25) is 0 Å². The molecule has 1 atom stereocenters. The second-order valence-electron chi connectivity index (χ2n) is 3.46. The maximum Gasteiger partial charge on any atom is 0.0522 e. The number of aromatic nitrogens is 2. The van der Waals surface area contributed by atoms with Crippen LogP contribution in [0, 0.1) is 0 Å². The van der Waals surface area contributed by atoms with Gasteiger partial charge in [-0.2, -0.15) is 5.10 Å². The molecule has 0 saturated heterocycles.